The van der Waals surface area contributed by atoms with Gasteiger partial charge in [-0.2, -0.15) is 9.98 Å². The average molecular weight is 252 g/mol. The van der Waals surface area contributed by atoms with Crippen molar-refractivity contribution >= 4 is 23.4 Å². The van der Waals surface area contributed by atoms with Crippen LogP contribution in [0.15, 0.2) is 64.8 Å². The second kappa shape index (κ2) is 7.51. The van der Waals surface area contributed by atoms with Crippen molar-refractivity contribution in [1.29, 1.82) is 0 Å². The molecule has 1 aromatic carbocycles. The molecule has 4 heteroatoms. The SMILES string of the molecule is C=C/C(=C\C=C(/C)N=C=O)c1ccc(N=C=O)cc1. The van der Waals surface area contributed by atoms with Crippen LogP contribution in [0.2, 0.25) is 0 Å². The number of carbonyl (C=O) groups excluding carboxylic acids is 2. The minimum Gasteiger partial charge on any atom is -0.211 e. The third-order valence-electron chi connectivity index (χ3n) is 2.32. The van der Waals surface area contributed by atoms with Crippen molar-refractivity contribution < 1.29 is 9.59 Å². The van der Waals surface area contributed by atoms with E-state index in [0.717, 1.165) is 11.1 Å². The molecule has 1 rings (SSSR count). The van der Waals surface area contributed by atoms with Crippen molar-refractivity contribution in [3.63, 3.8) is 0 Å². The molecule has 0 spiro atoms. The summed E-state index contributed by atoms with van der Waals surface area (Å²) in [7, 11) is 0. The van der Waals surface area contributed by atoms with Crippen LogP contribution in [0.4, 0.5) is 5.69 Å². The first kappa shape index (κ1) is 14.3. The molecule has 0 bridgehead atoms. The average Bonchev–Trinajstić information content (AvgIpc) is 2.42. The fourth-order valence-electron chi connectivity index (χ4n) is 1.38. The largest absolute Gasteiger partial charge is 0.240 e. The van der Waals surface area contributed by atoms with E-state index in [2.05, 4.69) is 16.6 Å². The summed E-state index contributed by atoms with van der Waals surface area (Å²) in [5.41, 5.74) is 2.87. The zero-order valence-corrected chi connectivity index (χ0v) is 10.5. The molecular formula is C15H12N2O2. The van der Waals surface area contributed by atoms with Gasteiger partial charge in [-0.1, -0.05) is 30.9 Å². The predicted octanol–water partition coefficient (Wildman–Crippen LogP) is 3.46. The molecule has 0 aliphatic rings. The van der Waals surface area contributed by atoms with E-state index in [1.54, 1.807) is 37.3 Å². The Morgan fingerprint density at radius 3 is 2.37 bits per heavy atom. The van der Waals surface area contributed by atoms with Crippen molar-refractivity contribution in [2.24, 2.45) is 9.98 Å². The number of allylic oxidation sites excluding steroid dienone is 5. The summed E-state index contributed by atoms with van der Waals surface area (Å²) in [4.78, 5) is 27.2. The maximum Gasteiger partial charge on any atom is 0.240 e. The number of benzene rings is 1. The summed E-state index contributed by atoms with van der Waals surface area (Å²) < 4.78 is 0. The van der Waals surface area contributed by atoms with Crippen LogP contribution in [0.25, 0.3) is 5.57 Å². The molecule has 0 aliphatic carbocycles. The zero-order chi connectivity index (χ0) is 14.1. The fourth-order valence-corrected chi connectivity index (χ4v) is 1.38. The number of aliphatic imine (C=N–C) groups is 2. The van der Waals surface area contributed by atoms with Crippen LogP contribution in [0, 0.1) is 0 Å². The molecule has 0 atom stereocenters. The molecule has 0 saturated carbocycles. The van der Waals surface area contributed by atoms with E-state index in [1.165, 1.54) is 12.2 Å². The zero-order valence-electron chi connectivity index (χ0n) is 10.5. The lowest BCUT2D eigenvalue weighted by Gasteiger charge is -2.01. The molecule has 0 amide bonds. The highest BCUT2D eigenvalue weighted by atomic mass is 16.1. The first-order valence-electron chi connectivity index (χ1n) is 5.48. The molecule has 19 heavy (non-hydrogen) atoms. The summed E-state index contributed by atoms with van der Waals surface area (Å²) in [5.74, 6) is 0. The van der Waals surface area contributed by atoms with Crippen molar-refractivity contribution in [1.82, 2.24) is 0 Å². The smallest absolute Gasteiger partial charge is 0.211 e. The number of hydrogen-bond donors (Lipinski definition) is 0. The van der Waals surface area contributed by atoms with Gasteiger partial charge in [-0.15, -0.1) is 0 Å². The molecule has 0 radical (unpaired) electrons. The lowest BCUT2D eigenvalue weighted by atomic mass is 10.1. The number of nitrogens with zero attached hydrogens (tertiary/aromatic N) is 2. The van der Waals surface area contributed by atoms with E-state index in [4.69, 9.17) is 0 Å². The Morgan fingerprint density at radius 2 is 1.84 bits per heavy atom. The Morgan fingerprint density at radius 1 is 1.16 bits per heavy atom. The Labute approximate surface area is 111 Å². The van der Waals surface area contributed by atoms with E-state index in [9.17, 15) is 9.59 Å². The quantitative estimate of drug-likeness (QED) is 0.457. The van der Waals surface area contributed by atoms with Gasteiger partial charge in [0, 0.05) is 0 Å². The predicted molar refractivity (Wildman–Crippen MR) is 74.3 cm³/mol. The van der Waals surface area contributed by atoms with Gasteiger partial charge in [-0.05, 0) is 36.3 Å². The number of isocyanates is 2. The van der Waals surface area contributed by atoms with Gasteiger partial charge in [0.05, 0.1) is 11.4 Å². The Kier molecular flexibility index (Phi) is 5.64. The molecule has 94 valence electrons. The molecule has 1 aromatic rings. The highest BCUT2D eigenvalue weighted by molar-refractivity contribution is 5.75. The lowest BCUT2D eigenvalue weighted by Crippen LogP contribution is -1.79. The topological polar surface area (TPSA) is 58.9 Å². The van der Waals surface area contributed by atoms with Crippen molar-refractivity contribution in [3.05, 3.63) is 60.3 Å². The van der Waals surface area contributed by atoms with Gasteiger partial charge >= 0.3 is 0 Å². The van der Waals surface area contributed by atoms with Gasteiger partial charge in [0.25, 0.3) is 0 Å². The van der Waals surface area contributed by atoms with Crippen molar-refractivity contribution in [2.45, 2.75) is 6.92 Å². The van der Waals surface area contributed by atoms with Gasteiger partial charge in [0.2, 0.25) is 12.2 Å². The highest BCUT2D eigenvalue weighted by Crippen LogP contribution is 2.20. The van der Waals surface area contributed by atoms with Gasteiger partial charge < -0.3 is 0 Å². The van der Waals surface area contributed by atoms with Gasteiger partial charge in [0.1, 0.15) is 0 Å². The minimum atomic E-state index is 0.541. The highest BCUT2D eigenvalue weighted by Gasteiger charge is 1.97. The first-order valence-corrected chi connectivity index (χ1v) is 5.48. The molecule has 0 heterocycles. The Balaban J connectivity index is 3.06. The molecular weight excluding hydrogens is 240 g/mol. The van der Waals surface area contributed by atoms with Crippen LogP contribution in [0.1, 0.15) is 12.5 Å². The van der Waals surface area contributed by atoms with Crippen LogP contribution in [0.5, 0.6) is 0 Å². The molecule has 0 fully saturated rings. The van der Waals surface area contributed by atoms with Crippen LogP contribution < -0.4 is 0 Å². The van der Waals surface area contributed by atoms with Crippen LogP contribution in [-0.2, 0) is 9.59 Å². The molecule has 0 aromatic heterocycles. The van der Waals surface area contributed by atoms with E-state index in [-0.39, 0.29) is 0 Å². The summed E-state index contributed by atoms with van der Waals surface area (Å²) in [5, 5.41) is 0. The first-order chi connectivity index (χ1) is 9.21. The monoisotopic (exact) mass is 252 g/mol. The van der Waals surface area contributed by atoms with Gasteiger partial charge in [0.15, 0.2) is 0 Å². The van der Waals surface area contributed by atoms with Gasteiger partial charge in [-0.25, -0.2) is 9.59 Å². The standard InChI is InChI=1S/C15H12N2O2/c1-3-13(5-4-12(2)16-10-18)14-6-8-15(9-7-14)17-11-19/h3-9H,1H2,2H3/b12-4+,13-5+. The lowest BCUT2D eigenvalue weighted by molar-refractivity contribution is 0.564. The second-order valence-corrected chi connectivity index (χ2v) is 3.59. The maximum absolute atomic E-state index is 10.1. The van der Waals surface area contributed by atoms with E-state index >= 15 is 0 Å². The van der Waals surface area contributed by atoms with E-state index in [1.807, 2.05) is 12.1 Å². The minimum absolute atomic E-state index is 0.541. The van der Waals surface area contributed by atoms with E-state index in [0.29, 0.717) is 11.4 Å². The summed E-state index contributed by atoms with van der Waals surface area (Å²) in [6.45, 7) is 5.43. The second-order valence-electron chi connectivity index (χ2n) is 3.59. The van der Waals surface area contributed by atoms with Crippen LogP contribution >= 0.6 is 0 Å². The van der Waals surface area contributed by atoms with Gasteiger partial charge in [-0.3, -0.25) is 0 Å². The third-order valence-corrected chi connectivity index (χ3v) is 2.32. The van der Waals surface area contributed by atoms with Crippen molar-refractivity contribution in [3.8, 4) is 0 Å². The van der Waals surface area contributed by atoms with Crippen LogP contribution in [-0.4, -0.2) is 12.2 Å². The molecule has 0 aliphatic heterocycles. The number of rotatable bonds is 5. The molecule has 0 N–H and O–H groups in total. The summed E-state index contributed by atoms with van der Waals surface area (Å²) in [6.07, 6.45) is 8.13. The summed E-state index contributed by atoms with van der Waals surface area (Å²) in [6, 6.07) is 7.04. The third kappa shape index (κ3) is 4.52. The maximum atomic E-state index is 10.1. The van der Waals surface area contributed by atoms with Crippen molar-refractivity contribution in [2.75, 3.05) is 0 Å². The van der Waals surface area contributed by atoms with Crippen LogP contribution in [0.3, 0.4) is 0 Å². The summed E-state index contributed by atoms with van der Waals surface area (Å²) >= 11 is 0. The Bertz CT molecular complexity index is 612. The Hall–Kier alpha value is -2.80. The molecule has 0 saturated heterocycles. The normalized spacial score (nSPS) is 11.2. The van der Waals surface area contributed by atoms with E-state index < -0.39 is 0 Å². The number of hydrogen-bond acceptors (Lipinski definition) is 4. The molecule has 4 nitrogen and oxygen atoms in total. The fraction of sp³-hybridized carbons (Fsp3) is 0.0667. The molecule has 0 unspecified atom stereocenters.